The molecule has 0 aliphatic carbocycles. The van der Waals surface area contributed by atoms with Crippen LogP contribution in [0.3, 0.4) is 0 Å². The number of hydrogen-bond donors (Lipinski definition) is 1. The molecule has 0 aliphatic heterocycles. The van der Waals surface area contributed by atoms with Crippen molar-refractivity contribution in [2.24, 2.45) is 0 Å². The van der Waals surface area contributed by atoms with Gasteiger partial charge in [-0.25, -0.2) is 0 Å². The Bertz CT molecular complexity index is 564. The molecule has 0 unspecified atom stereocenters. The van der Waals surface area contributed by atoms with E-state index in [1.54, 1.807) is 25.1 Å². The largest absolute Gasteiger partial charge is 0.490 e. The molecule has 0 aromatic heterocycles. The molecule has 1 aromatic rings. The van der Waals surface area contributed by atoms with Crippen molar-refractivity contribution in [1.29, 1.82) is 5.26 Å². The lowest BCUT2D eigenvalue weighted by Gasteiger charge is -2.26. The molecule has 5 heteroatoms. The summed E-state index contributed by atoms with van der Waals surface area (Å²) < 4.78 is 11.1. The van der Waals surface area contributed by atoms with Crippen LogP contribution in [-0.4, -0.2) is 24.2 Å². The van der Waals surface area contributed by atoms with E-state index in [9.17, 15) is 10.1 Å². The topological polar surface area (TPSA) is 71.3 Å². The first-order chi connectivity index (χ1) is 10.4. The lowest BCUT2D eigenvalue weighted by Crippen LogP contribution is -2.42. The van der Waals surface area contributed by atoms with E-state index in [1.165, 1.54) is 0 Å². The number of amides is 1. The predicted octanol–water partition coefficient (Wildman–Crippen LogP) is 3.49. The van der Waals surface area contributed by atoms with Gasteiger partial charge >= 0.3 is 0 Å². The maximum Gasteiger partial charge on any atom is 0.256 e. The molecule has 0 spiro atoms. The third kappa shape index (κ3) is 4.47. The molecule has 0 aliphatic rings. The van der Waals surface area contributed by atoms with Crippen LogP contribution in [0.5, 0.6) is 5.75 Å². The summed E-state index contributed by atoms with van der Waals surface area (Å²) in [6.07, 6.45) is 0.542. The van der Waals surface area contributed by atoms with Crippen LogP contribution in [0.2, 0.25) is 0 Å². The molecule has 0 radical (unpaired) electrons. The Morgan fingerprint density at radius 3 is 2.59 bits per heavy atom. The average molecular weight is 304 g/mol. The highest BCUT2D eigenvalue weighted by Crippen LogP contribution is 2.25. The highest BCUT2D eigenvalue weighted by atomic mass is 16.5. The van der Waals surface area contributed by atoms with Gasteiger partial charge in [-0.15, -0.1) is 0 Å². The van der Waals surface area contributed by atoms with Crippen LogP contribution in [0.15, 0.2) is 18.2 Å². The molecule has 22 heavy (non-hydrogen) atoms. The third-order valence-electron chi connectivity index (χ3n) is 3.34. The van der Waals surface area contributed by atoms with Gasteiger partial charge in [0.25, 0.3) is 5.91 Å². The SMILES string of the molecule is CCO[C@](C)(CC)C(=O)Nc1ccc(OC(C)C)c(C#N)c1. The molecule has 0 saturated carbocycles. The lowest BCUT2D eigenvalue weighted by atomic mass is 10.0. The van der Waals surface area contributed by atoms with Gasteiger partial charge in [-0.2, -0.15) is 5.26 Å². The Balaban J connectivity index is 2.95. The van der Waals surface area contributed by atoms with Gasteiger partial charge in [0.05, 0.1) is 11.7 Å². The van der Waals surface area contributed by atoms with Crippen LogP contribution in [0, 0.1) is 11.3 Å². The summed E-state index contributed by atoms with van der Waals surface area (Å²) in [7, 11) is 0. The molecule has 1 atom stereocenters. The number of nitrogens with one attached hydrogen (secondary N) is 1. The molecule has 0 bridgehead atoms. The standard InChI is InChI=1S/C17H24N2O3/c1-6-17(5,21-7-2)16(20)19-14-8-9-15(22-12(3)4)13(10-14)11-18/h8-10,12H,6-7H2,1-5H3,(H,19,20)/t17-/m1/s1. The van der Waals surface area contributed by atoms with Gasteiger partial charge < -0.3 is 14.8 Å². The van der Waals surface area contributed by atoms with E-state index in [1.807, 2.05) is 27.7 Å². The molecule has 0 heterocycles. The molecule has 0 fully saturated rings. The van der Waals surface area contributed by atoms with Crippen molar-refractivity contribution >= 4 is 11.6 Å². The van der Waals surface area contributed by atoms with E-state index in [2.05, 4.69) is 11.4 Å². The summed E-state index contributed by atoms with van der Waals surface area (Å²) in [4.78, 5) is 12.4. The maximum absolute atomic E-state index is 12.4. The number of ether oxygens (including phenoxy) is 2. The van der Waals surface area contributed by atoms with Gasteiger partial charge in [0.1, 0.15) is 17.4 Å². The summed E-state index contributed by atoms with van der Waals surface area (Å²) in [5.41, 5.74) is 0.0624. The van der Waals surface area contributed by atoms with Crippen LogP contribution in [0.25, 0.3) is 0 Å². The van der Waals surface area contributed by atoms with Crippen molar-refractivity contribution in [3.8, 4) is 11.8 Å². The van der Waals surface area contributed by atoms with Gasteiger partial charge in [0.15, 0.2) is 0 Å². The molecule has 1 aromatic carbocycles. The summed E-state index contributed by atoms with van der Waals surface area (Å²) in [5, 5.41) is 12.0. The van der Waals surface area contributed by atoms with Crippen LogP contribution in [0.4, 0.5) is 5.69 Å². The van der Waals surface area contributed by atoms with Crippen molar-refractivity contribution in [3.63, 3.8) is 0 Å². The number of carbonyl (C=O) groups is 1. The first-order valence-electron chi connectivity index (χ1n) is 7.52. The fourth-order valence-corrected chi connectivity index (χ4v) is 1.96. The number of benzene rings is 1. The Morgan fingerprint density at radius 1 is 1.41 bits per heavy atom. The second-order valence-corrected chi connectivity index (χ2v) is 5.46. The monoisotopic (exact) mass is 304 g/mol. The van der Waals surface area contributed by atoms with Crippen molar-refractivity contribution in [2.45, 2.75) is 52.7 Å². The average Bonchev–Trinajstić information content (AvgIpc) is 2.48. The zero-order chi connectivity index (χ0) is 16.8. The van der Waals surface area contributed by atoms with Crippen molar-refractivity contribution < 1.29 is 14.3 Å². The van der Waals surface area contributed by atoms with Gasteiger partial charge in [0.2, 0.25) is 0 Å². The van der Waals surface area contributed by atoms with Gasteiger partial charge in [-0.3, -0.25) is 4.79 Å². The lowest BCUT2D eigenvalue weighted by molar-refractivity contribution is -0.139. The van der Waals surface area contributed by atoms with E-state index >= 15 is 0 Å². The minimum Gasteiger partial charge on any atom is -0.490 e. The molecular formula is C17H24N2O3. The summed E-state index contributed by atoms with van der Waals surface area (Å²) in [6, 6.07) is 7.11. The van der Waals surface area contributed by atoms with Crippen LogP contribution in [-0.2, 0) is 9.53 Å². The zero-order valence-electron chi connectivity index (χ0n) is 13.9. The Morgan fingerprint density at radius 2 is 2.09 bits per heavy atom. The quantitative estimate of drug-likeness (QED) is 0.837. The van der Waals surface area contributed by atoms with Crippen molar-refractivity contribution in [3.05, 3.63) is 23.8 Å². The van der Waals surface area contributed by atoms with Crippen LogP contribution >= 0.6 is 0 Å². The number of nitriles is 1. The Kier molecular flexibility index (Phi) is 6.39. The summed E-state index contributed by atoms with van der Waals surface area (Å²) in [5.74, 6) is 0.289. The third-order valence-corrected chi connectivity index (χ3v) is 3.34. The molecule has 1 amide bonds. The van der Waals surface area contributed by atoms with E-state index in [0.29, 0.717) is 30.0 Å². The van der Waals surface area contributed by atoms with E-state index in [0.717, 1.165) is 0 Å². The number of hydrogen-bond acceptors (Lipinski definition) is 4. The number of anilines is 1. The molecule has 5 nitrogen and oxygen atoms in total. The van der Waals surface area contributed by atoms with E-state index in [4.69, 9.17) is 9.47 Å². The normalized spacial score (nSPS) is 13.3. The molecule has 0 saturated heterocycles. The number of carbonyl (C=O) groups excluding carboxylic acids is 1. The molecule has 120 valence electrons. The van der Waals surface area contributed by atoms with Gasteiger partial charge in [-0.05, 0) is 52.3 Å². The van der Waals surface area contributed by atoms with Gasteiger partial charge in [0, 0.05) is 12.3 Å². The number of rotatable bonds is 7. The number of nitrogens with zero attached hydrogens (tertiary/aromatic N) is 1. The summed E-state index contributed by atoms with van der Waals surface area (Å²) in [6.45, 7) is 9.76. The first kappa shape index (κ1) is 18.0. The maximum atomic E-state index is 12.4. The second kappa shape index (κ2) is 7.81. The zero-order valence-corrected chi connectivity index (χ0v) is 13.9. The van der Waals surface area contributed by atoms with Crippen molar-refractivity contribution in [1.82, 2.24) is 0 Å². The first-order valence-corrected chi connectivity index (χ1v) is 7.52. The van der Waals surface area contributed by atoms with Crippen LogP contribution in [0.1, 0.15) is 46.6 Å². The second-order valence-electron chi connectivity index (χ2n) is 5.46. The predicted molar refractivity (Wildman–Crippen MR) is 85.9 cm³/mol. The van der Waals surface area contributed by atoms with E-state index in [-0.39, 0.29) is 12.0 Å². The fraction of sp³-hybridized carbons (Fsp3) is 0.529. The van der Waals surface area contributed by atoms with Crippen molar-refractivity contribution in [2.75, 3.05) is 11.9 Å². The Hall–Kier alpha value is -2.06. The highest BCUT2D eigenvalue weighted by Gasteiger charge is 2.31. The highest BCUT2D eigenvalue weighted by molar-refractivity contribution is 5.97. The minimum absolute atomic E-state index is 0.0196. The van der Waals surface area contributed by atoms with E-state index < -0.39 is 5.60 Å². The molecule has 1 N–H and O–H groups in total. The summed E-state index contributed by atoms with van der Waals surface area (Å²) >= 11 is 0. The van der Waals surface area contributed by atoms with Crippen LogP contribution < -0.4 is 10.1 Å². The smallest absolute Gasteiger partial charge is 0.256 e. The minimum atomic E-state index is -0.880. The fourth-order valence-electron chi connectivity index (χ4n) is 1.96. The Labute approximate surface area is 132 Å². The van der Waals surface area contributed by atoms with Gasteiger partial charge in [-0.1, -0.05) is 6.92 Å². The molecular weight excluding hydrogens is 280 g/mol. The molecule has 1 rings (SSSR count).